The lowest BCUT2D eigenvalue weighted by atomic mass is 10.1. The maximum atomic E-state index is 13.1. The van der Waals surface area contributed by atoms with Gasteiger partial charge in [-0.25, -0.2) is 9.18 Å². The molecule has 0 saturated heterocycles. The van der Waals surface area contributed by atoms with Gasteiger partial charge in [-0.2, -0.15) is 0 Å². The molecule has 3 nitrogen and oxygen atoms in total. The number of carbonyl (C=O) groups excluding carboxylic acids is 1. The van der Waals surface area contributed by atoms with Gasteiger partial charge in [-0.15, -0.1) is 0 Å². The van der Waals surface area contributed by atoms with Crippen LogP contribution in [0, 0.1) is 12.7 Å². The van der Waals surface area contributed by atoms with E-state index in [4.69, 9.17) is 0 Å². The molecule has 0 saturated carbocycles. The molecule has 0 unspecified atom stereocenters. The van der Waals surface area contributed by atoms with E-state index in [1.54, 1.807) is 18.0 Å². The number of nitrogens with one attached hydrogen (secondary N) is 1. The molecule has 4 heteroatoms. The van der Waals surface area contributed by atoms with E-state index in [0.29, 0.717) is 19.5 Å². The Bertz CT molecular complexity index is 642. The number of carbonyl (C=O) groups is 1. The largest absolute Gasteiger partial charge is 0.338 e. The molecule has 0 bridgehead atoms. The number of halogens is 1. The van der Waals surface area contributed by atoms with Crippen molar-refractivity contribution >= 4 is 6.03 Å². The number of benzene rings is 2. The predicted octanol–water partition coefficient (Wildman–Crippen LogP) is 3.52. The second-order valence-corrected chi connectivity index (χ2v) is 5.39. The van der Waals surface area contributed by atoms with Gasteiger partial charge >= 0.3 is 6.03 Å². The summed E-state index contributed by atoms with van der Waals surface area (Å²) in [6.45, 7) is 3.09. The number of hydrogen-bond donors (Lipinski definition) is 1. The maximum absolute atomic E-state index is 13.1. The number of rotatable bonds is 5. The molecule has 2 aromatic rings. The van der Waals surface area contributed by atoms with Crippen LogP contribution in [0.15, 0.2) is 48.5 Å². The molecular weight excluding hydrogens is 279 g/mol. The Hall–Kier alpha value is -2.36. The van der Waals surface area contributed by atoms with Crippen molar-refractivity contribution in [3.05, 3.63) is 71.0 Å². The van der Waals surface area contributed by atoms with E-state index >= 15 is 0 Å². The summed E-state index contributed by atoms with van der Waals surface area (Å²) in [6.07, 6.45) is 0.613. The van der Waals surface area contributed by atoms with Crippen LogP contribution in [0.25, 0.3) is 0 Å². The van der Waals surface area contributed by atoms with Gasteiger partial charge in [-0.3, -0.25) is 0 Å². The zero-order chi connectivity index (χ0) is 15.9. The molecule has 22 heavy (non-hydrogen) atoms. The molecule has 0 aromatic heterocycles. The van der Waals surface area contributed by atoms with Crippen LogP contribution in [0.5, 0.6) is 0 Å². The van der Waals surface area contributed by atoms with Crippen molar-refractivity contribution < 1.29 is 9.18 Å². The lowest BCUT2D eigenvalue weighted by Gasteiger charge is -2.19. The summed E-state index contributed by atoms with van der Waals surface area (Å²) in [5.74, 6) is -0.250. The molecule has 0 fully saturated rings. The zero-order valence-electron chi connectivity index (χ0n) is 13.0. The normalized spacial score (nSPS) is 10.3. The first-order valence-corrected chi connectivity index (χ1v) is 7.34. The monoisotopic (exact) mass is 300 g/mol. The Morgan fingerprint density at radius 3 is 2.68 bits per heavy atom. The van der Waals surface area contributed by atoms with Crippen molar-refractivity contribution in [3.8, 4) is 0 Å². The molecule has 0 aliphatic carbocycles. The van der Waals surface area contributed by atoms with Crippen molar-refractivity contribution in [2.24, 2.45) is 0 Å². The van der Waals surface area contributed by atoms with E-state index < -0.39 is 0 Å². The van der Waals surface area contributed by atoms with Crippen LogP contribution in [0.1, 0.15) is 16.7 Å². The highest BCUT2D eigenvalue weighted by Crippen LogP contribution is 2.09. The molecule has 0 heterocycles. The molecule has 0 atom stereocenters. The van der Waals surface area contributed by atoms with Crippen molar-refractivity contribution in [1.29, 1.82) is 0 Å². The highest BCUT2D eigenvalue weighted by atomic mass is 19.1. The minimum absolute atomic E-state index is 0.125. The van der Waals surface area contributed by atoms with Crippen LogP contribution in [-0.4, -0.2) is 24.5 Å². The first-order valence-electron chi connectivity index (χ1n) is 7.34. The molecule has 116 valence electrons. The smallest absolute Gasteiger partial charge is 0.317 e. The lowest BCUT2D eigenvalue weighted by Crippen LogP contribution is -2.37. The van der Waals surface area contributed by atoms with Gasteiger partial charge in [0.2, 0.25) is 0 Å². The van der Waals surface area contributed by atoms with E-state index in [0.717, 1.165) is 11.1 Å². The second kappa shape index (κ2) is 7.59. The molecule has 0 aliphatic heterocycles. The molecule has 2 rings (SSSR count). The van der Waals surface area contributed by atoms with Crippen LogP contribution in [0.4, 0.5) is 9.18 Å². The zero-order valence-corrected chi connectivity index (χ0v) is 13.0. The fourth-order valence-electron chi connectivity index (χ4n) is 2.26. The average Bonchev–Trinajstić information content (AvgIpc) is 2.49. The summed E-state index contributed by atoms with van der Waals surface area (Å²) in [5.41, 5.74) is 3.18. The van der Waals surface area contributed by atoms with E-state index in [1.165, 1.54) is 17.7 Å². The summed E-state index contributed by atoms with van der Waals surface area (Å²) < 4.78 is 13.1. The second-order valence-electron chi connectivity index (χ2n) is 5.39. The minimum Gasteiger partial charge on any atom is -0.338 e. The van der Waals surface area contributed by atoms with Gasteiger partial charge in [-0.05, 0) is 42.2 Å². The minimum atomic E-state index is -0.250. The summed E-state index contributed by atoms with van der Waals surface area (Å²) in [7, 11) is 1.77. The van der Waals surface area contributed by atoms with Gasteiger partial charge in [0.25, 0.3) is 0 Å². The molecule has 0 radical (unpaired) electrons. The molecule has 1 N–H and O–H groups in total. The fraction of sp³-hybridized carbons (Fsp3) is 0.278. The standard InChI is InChI=1S/C18H21FN2O/c1-14-6-3-4-8-16(14)13-21(2)18(22)20-11-10-15-7-5-9-17(19)12-15/h3-9,12H,10-11,13H2,1-2H3,(H,20,22). The molecular formula is C18H21FN2O. The number of nitrogens with zero attached hydrogens (tertiary/aromatic N) is 1. The number of amides is 2. The summed E-state index contributed by atoms with van der Waals surface area (Å²) in [6, 6.07) is 14.3. The highest BCUT2D eigenvalue weighted by molar-refractivity contribution is 5.73. The number of hydrogen-bond acceptors (Lipinski definition) is 1. The van der Waals surface area contributed by atoms with Crippen LogP contribution in [-0.2, 0) is 13.0 Å². The van der Waals surface area contributed by atoms with E-state index in [9.17, 15) is 9.18 Å². The van der Waals surface area contributed by atoms with Crippen molar-refractivity contribution in [1.82, 2.24) is 10.2 Å². The van der Waals surface area contributed by atoms with Gasteiger partial charge in [-0.1, -0.05) is 36.4 Å². The SMILES string of the molecule is Cc1ccccc1CN(C)C(=O)NCCc1cccc(F)c1. The molecule has 2 amide bonds. The highest BCUT2D eigenvalue weighted by Gasteiger charge is 2.09. The first kappa shape index (κ1) is 16.0. The molecule has 0 spiro atoms. The van der Waals surface area contributed by atoms with Gasteiger partial charge in [0.05, 0.1) is 0 Å². The third-order valence-corrected chi connectivity index (χ3v) is 3.59. The Morgan fingerprint density at radius 2 is 1.95 bits per heavy atom. The quantitative estimate of drug-likeness (QED) is 0.900. The van der Waals surface area contributed by atoms with Crippen molar-refractivity contribution in [3.63, 3.8) is 0 Å². The van der Waals surface area contributed by atoms with E-state index in [-0.39, 0.29) is 11.8 Å². The van der Waals surface area contributed by atoms with E-state index in [2.05, 4.69) is 5.32 Å². The summed E-state index contributed by atoms with van der Waals surface area (Å²) in [5, 5.41) is 2.85. The first-order chi connectivity index (χ1) is 10.6. The van der Waals surface area contributed by atoms with Crippen LogP contribution in [0.3, 0.4) is 0 Å². The summed E-state index contributed by atoms with van der Waals surface area (Å²) >= 11 is 0. The van der Waals surface area contributed by atoms with Crippen LogP contribution < -0.4 is 5.32 Å². The van der Waals surface area contributed by atoms with Gasteiger partial charge in [0, 0.05) is 20.1 Å². The van der Waals surface area contributed by atoms with Crippen molar-refractivity contribution in [2.75, 3.05) is 13.6 Å². The fourth-order valence-corrected chi connectivity index (χ4v) is 2.26. The Labute approximate surface area is 130 Å². The van der Waals surface area contributed by atoms with Crippen LogP contribution >= 0.6 is 0 Å². The van der Waals surface area contributed by atoms with Gasteiger partial charge in [0.15, 0.2) is 0 Å². The summed E-state index contributed by atoms with van der Waals surface area (Å²) in [4.78, 5) is 13.7. The Morgan fingerprint density at radius 1 is 1.18 bits per heavy atom. The van der Waals surface area contributed by atoms with Gasteiger partial charge in [0.1, 0.15) is 5.82 Å². The van der Waals surface area contributed by atoms with Crippen LogP contribution in [0.2, 0.25) is 0 Å². The van der Waals surface area contributed by atoms with Gasteiger partial charge < -0.3 is 10.2 Å². The molecule has 0 aliphatic rings. The molecule has 2 aromatic carbocycles. The average molecular weight is 300 g/mol. The predicted molar refractivity (Wildman–Crippen MR) is 86.1 cm³/mol. The Kier molecular flexibility index (Phi) is 5.53. The maximum Gasteiger partial charge on any atom is 0.317 e. The lowest BCUT2D eigenvalue weighted by molar-refractivity contribution is 0.207. The van der Waals surface area contributed by atoms with E-state index in [1.807, 2.05) is 37.3 Å². The van der Waals surface area contributed by atoms with Crippen molar-refractivity contribution in [2.45, 2.75) is 19.9 Å². The number of aryl methyl sites for hydroxylation is 1. The third-order valence-electron chi connectivity index (χ3n) is 3.59. The number of urea groups is 1. The Balaban J connectivity index is 1.80. The topological polar surface area (TPSA) is 32.3 Å². The third kappa shape index (κ3) is 4.58.